The summed E-state index contributed by atoms with van der Waals surface area (Å²) >= 11 is 0. The van der Waals surface area contributed by atoms with Gasteiger partial charge in [-0.3, -0.25) is 9.69 Å². The van der Waals surface area contributed by atoms with Crippen molar-refractivity contribution in [1.29, 1.82) is 0 Å². The molecule has 5 aliphatic rings. The van der Waals surface area contributed by atoms with Gasteiger partial charge in [0, 0.05) is 55.6 Å². The average Bonchev–Trinajstić information content (AvgIpc) is 3.40. The summed E-state index contributed by atoms with van der Waals surface area (Å²) in [6, 6.07) is 12.1. The number of amides is 1. The van der Waals surface area contributed by atoms with Crippen LogP contribution in [0.15, 0.2) is 36.4 Å². The number of benzene rings is 2. The molecule has 4 saturated heterocycles. The van der Waals surface area contributed by atoms with Gasteiger partial charge in [-0.15, -0.1) is 0 Å². The number of nitrogens with zero attached hydrogens (tertiary/aromatic N) is 2. The predicted molar refractivity (Wildman–Crippen MR) is 184 cm³/mol. The van der Waals surface area contributed by atoms with Crippen LogP contribution >= 0.6 is 0 Å². The van der Waals surface area contributed by atoms with E-state index in [0.717, 1.165) is 35.3 Å². The van der Waals surface area contributed by atoms with Crippen molar-refractivity contribution in [3.8, 4) is 34.8 Å². The lowest BCUT2D eigenvalue weighted by molar-refractivity contribution is -0.157. The zero-order valence-corrected chi connectivity index (χ0v) is 28.5. The summed E-state index contributed by atoms with van der Waals surface area (Å²) in [5.74, 6) is 12.3. The number of rotatable bonds is 4. The van der Waals surface area contributed by atoms with E-state index in [1.807, 2.05) is 29.2 Å². The van der Waals surface area contributed by atoms with Gasteiger partial charge < -0.3 is 49.7 Å². The molecule has 1 spiro atoms. The number of ether oxygens (including phenoxy) is 3. The van der Waals surface area contributed by atoms with E-state index in [2.05, 4.69) is 40.7 Å². The minimum atomic E-state index is -1.19. The average molecular weight is 703 g/mol. The number of morpholine rings is 1. The molecule has 4 fully saturated rings. The lowest BCUT2D eigenvalue weighted by Crippen LogP contribution is -2.49. The van der Waals surface area contributed by atoms with Crippen LogP contribution in [0.2, 0.25) is 0 Å². The topological polar surface area (TPSA) is 173 Å². The summed E-state index contributed by atoms with van der Waals surface area (Å²) in [7, 11) is 0. The normalized spacial score (nSPS) is 31.5. The van der Waals surface area contributed by atoms with Gasteiger partial charge >= 0.3 is 0 Å². The number of hydrogen-bond acceptors (Lipinski definition) is 11. The Balaban J connectivity index is 1.19. The van der Waals surface area contributed by atoms with Crippen LogP contribution in [0.3, 0.4) is 0 Å². The summed E-state index contributed by atoms with van der Waals surface area (Å²) in [6.07, 6.45) is -5.97. The fourth-order valence-electron chi connectivity index (χ4n) is 8.07. The highest BCUT2D eigenvalue weighted by Crippen LogP contribution is 2.54. The van der Waals surface area contributed by atoms with Crippen LogP contribution in [0.25, 0.3) is 11.1 Å². The molecule has 2 aromatic carbocycles. The fourth-order valence-corrected chi connectivity index (χ4v) is 8.07. The molecule has 1 amide bonds. The third-order valence-electron chi connectivity index (χ3n) is 11.0. The molecule has 8 unspecified atom stereocenters. The fraction of sp³-hybridized carbons (Fsp3) is 0.564. The first kappa shape index (κ1) is 36.0. The molecule has 6 N–H and O–H groups in total. The first-order valence-electron chi connectivity index (χ1n) is 17.8. The maximum Gasteiger partial charge on any atom is 0.236 e. The van der Waals surface area contributed by atoms with Crippen molar-refractivity contribution in [2.45, 2.75) is 79.9 Å². The van der Waals surface area contributed by atoms with Crippen molar-refractivity contribution >= 4 is 5.91 Å². The van der Waals surface area contributed by atoms with Crippen LogP contribution in [-0.2, 0) is 24.4 Å². The highest BCUT2D eigenvalue weighted by atomic mass is 16.5. The molecular weight excluding hydrogens is 656 g/mol. The number of carbonyl (C=O) groups excluding carboxylic acids is 1. The van der Waals surface area contributed by atoms with Gasteiger partial charge in [0.05, 0.1) is 57.4 Å². The molecule has 4 aliphatic heterocycles. The lowest BCUT2D eigenvalue weighted by atomic mass is 9.70. The monoisotopic (exact) mass is 702 g/mol. The van der Waals surface area contributed by atoms with E-state index in [1.165, 1.54) is 0 Å². The molecule has 12 heteroatoms. The number of fused-ring (bicyclic) bond motifs is 5. The van der Waals surface area contributed by atoms with Crippen molar-refractivity contribution in [3.05, 3.63) is 58.7 Å². The first-order valence-corrected chi connectivity index (χ1v) is 17.8. The Bertz CT molecular complexity index is 1610. The lowest BCUT2D eigenvalue weighted by Gasteiger charge is -2.41. The number of aliphatic hydroxyl groups excluding tert-OH is 6. The third kappa shape index (κ3) is 7.32. The standard InChI is InChI=1S/C39H46N2O10/c42-22-26-19-32(44)37(47)34(50-26)7-3-24-1-5-28-29-6-2-25(4-8-35-38(48)33(45)20-27(23-43)51-35)18-31(29)39(30(28)17-24)9-11-41(12-10-39)36(46)21-40-13-15-49-16-14-40/h1-2,5-6,17-18,26-27,32-35,37-38,42-45,47-48H,9-16,19-23H2. The highest BCUT2D eigenvalue weighted by Gasteiger charge is 2.46. The summed E-state index contributed by atoms with van der Waals surface area (Å²) in [5.41, 5.74) is 5.29. The molecule has 8 atom stereocenters. The molecule has 12 nitrogen and oxygen atoms in total. The van der Waals surface area contributed by atoms with Crippen LogP contribution in [0.1, 0.15) is 47.9 Å². The Kier molecular flexibility index (Phi) is 10.8. The van der Waals surface area contributed by atoms with Crippen molar-refractivity contribution in [1.82, 2.24) is 9.80 Å². The number of carbonyl (C=O) groups is 1. The molecule has 2 aromatic rings. The van der Waals surface area contributed by atoms with Crippen LogP contribution in [0.5, 0.6) is 0 Å². The SMILES string of the molecule is O=C(CN1CCOCC1)N1CCC2(CC1)c1cc(C#CC3OC(CO)CC(O)C3O)ccc1-c1ccc(C#CC3OC(CO)CC(O)C3O)cc12. The Morgan fingerprint density at radius 1 is 0.745 bits per heavy atom. The summed E-state index contributed by atoms with van der Waals surface area (Å²) in [5, 5.41) is 60.8. The maximum atomic E-state index is 13.4. The molecule has 0 radical (unpaired) electrons. The largest absolute Gasteiger partial charge is 0.394 e. The van der Waals surface area contributed by atoms with Gasteiger partial charge in [-0.05, 0) is 59.4 Å². The predicted octanol–water partition coefficient (Wildman–Crippen LogP) is -0.646. The van der Waals surface area contributed by atoms with E-state index < -0.39 is 54.2 Å². The smallest absolute Gasteiger partial charge is 0.236 e. The van der Waals surface area contributed by atoms with E-state index in [9.17, 15) is 35.4 Å². The first-order chi connectivity index (χ1) is 24.7. The van der Waals surface area contributed by atoms with Gasteiger partial charge in [0.2, 0.25) is 5.91 Å². The molecular formula is C39H46N2O10. The summed E-state index contributed by atoms with van der Waals surface area (Å²) in [4.78, 5) is 17.5. The number of aliphatic hydroxyl groups is 6. The molecule has 0 bridgehead atoms. The van der Waals surface area contributed by atoms with Crippen molar-refractivity contribution in [3.63, 3.8) is 0 Å². The number of hydrogen-bond donors (Lipinski definition) is 6. The van der Waals surface area contributed by atoms with Crippen LogP contribution in [0, 0.1) is 23.7 Å². The molecule has 272 valence electrons. The van der Waals surface area contributed by atoms with Crippen LogP contribution < -0.4 is 0 Å². The van der Waals surface area contributed by atoms with Crippen LogP contribution in [-0.4, -0.2) is 154 Å². The van der Waals surface area contributed by atoms with E-state index >= 15 is 0 Å². The second-order valence-corrected chi connectivity index (χ2v) is 14.2. The Labute approximate surface area is 297 Å². The van der Waals surface area contributed by atoms with E-state index in [0.29, 0.717) is 56.8 Å². The van der Waals surface area contributed by atoms with Gasteiger partial charge in [-0.25, -0.2) is 0 Å². The second kappa shape index (κ2) is 15.3. The minimum absolute atomic E-state index is 0.105. The zero-order chi connectivity index (χ0) is 35.7. The number of piperidine rings is 1. The highest BCUT2D eigenvalue weighted by molar-refractivity contribution is 5.83. The van der Waals surface area contributed by atoms with Gasteiger partial charge in [-0.1, -0.05) is 35.8 Å². The second-order valence-electron chi connectivity index (χ2n) is 14.2. The molecule has 51 heavy (non-hydrogen) atoms. The van der Waals surface area contributed by atoms with Crippen LogP contribution in [0.4, 0.5) is 0 Å². The molecule has 7 rings (SSSR count). The minimum Gasteiger partial charge on any atom is -0.394 e. The molecule has 0 saturated carbocycles. The quantitative estimate of drug-likeness (QED) is 0.224. The van der Waals surface area contributed by atoms with Gasteiger partial charge in [0.25, 0.3) is 0 Å². The maximum absolute atomic E-state index is 13.4. The molecule has 0 aromatic heterocycles. The number of likely N-dealkylation sites (tertiary alicyclic amines) is 1. The summed E-state index contributed by atoms with van der Waals surface area (Å²) < 4.78 is 16.9. The van der Waals surface area contributed by atoms with Crippen molar-refractivity contribution in [2.75, 3.05) is 59.2 Å². The summed E-state index contributed by atoms with van der Waals surface area (Å²) in [6.45, 7) is 3.68. The molecule has 1 aliphatic carbocycles. The molecule has 4 heterocycles. The van der Waals surface area contributed by atoms with E-state index in [-0.39, 0.29) is 32.0 Å². The Morgan fingerprint density at radius 3 is 1.71 bits per heavy atom. The van der Waals surface area contributed by atoms with Gasteiger partial charge in [0.15, 0.2) is 0 Å². The Hall–Kier alpha value is -3.37. The van der Waals surface area contributed by atoms with Crippen molar-refractivity contribution < 1.29 is 49.6 Å². The third-order valence-corrected chi connectivity index (χ3v) is 11.0. The van der Waals surface area contributed by atoms with Gasteiger partial charge in [-0.2, -0.15) is 0 Å². The Morgan fingerprint density at radius 2 is 1.24 bits per heavy atom. The van der Waals surface area contributed by atoms with E-state index in [1.54, 1.807) is 0 Å². The van der Waals surface area contributed by atoms with Crippen molar-refractivity contribution in [2.24, 2.45) is 0 Å². The van der Waals surface area contributed by atoms with Gasteiger partial charge in [0.1, 0.15) is 24.4 Å². The van der Waals surface area contributed by atoms with E-state index in [4.69, 9.17) is 14.2 Å². The zero-order valence-electron chi connectivity index (χ0n) is 28.5.